The van der Waals surface area contributed by atoms with Gasteiger partial charge in [0.1, 0.15) is 0 Å². The van der Waals surface area contributed by atoms with Crippen molar-refractivity contribution in [2.75, 3.05) is 0 Å². The van der Waals surface area contributed by atoms with Crippen LogP contribution in [0.4, 0.5) is 0 Å². The van der Waals surface area contributed by atoms with E-state index in [0.29, 0.717) is 6.54 Å². The van der Waals surface area contributed by atoms with Gasteiger partial charge in [0.2, 0.25) is 0 Å². The summed E-state index contributed by atoms with van der Waals surface area (Å²) in [5.74, 6) is 0. The van der Waals surface area contributed by atoms with Crippen LogP contribution in [0.2, 0.25) is 0 Å². The summed E-state index contributed by atoms with van der Waals surface area (Å²) >= 11 is 0. The van der Waals surface area contributed by atoms with Crippen LogP contribution in [0.1, 0.15) is 34.1 Å². The van der Waals surface area contributed by atoms with E-state index in [1.807, 2.05) is 27.7 Å². The monoisotopic (exact) mass is 226 g/mol. The smallest absolute Gasteiger partial charge is 0.328 e. The largest absolute Gasteiger partial charge is 0.391 e. The zero-order valence-corrected chi connectivity index (χ0v) is 10.6. The molecule has 1 N–H and O–H groups in total. The second kappa shape index (κ2) is 4.87. The third-order valence-corrected chi connectivity index (χ3v) is 2.75. The maximum absolute atomic E-state index is 11.8. The highest BCUT2D eigenvalue weighted by atomic mass is 16.3. The second-order valence-corrected chi connectivity index (χ2v) is 5.31. The predicted octanol–water partition coefficient (Wildman–Crippen LogP) is 1.47. The molecule has 0 saturated heterocycles. The number of nitrogens with zero attached hydrogens (tertiary/aromatic N) is 2. The summed E-state index contributed by atoms with van der Waals surface area (Å²) in [6.45, 7) is 9.02. The normalized spacial score (nSPS) is 14.1. The molecule has 4 nitrogen and oxygen atoms in total. The van der Waals surface area contributed by atoms with Gasteiger partial charge in [-0.3, -0.25) is 9.13 Å². The van der Waals surface area contributed by atoms with Crippen molar-refractivity contribution in [2.24, 2.45) is 5.41 Å². The van der Waals surface area contributed by atoms with E-state index in [9.17, 15) is 9.90 Å². The minimum atomic E-state index is -0.511. The number of aliphatic hydroxyl groups is 1. The SMILES string of the molecule is CCCn1ccn(CC(O)C(C)(C)C)c1=O. The first-order chi connectivity index (χ1) is 7.36. The van der Waals surface area contributed by atoms with Crippen LogP contribution in [0, 0.1) is 5.41 Å². The number of imidazole rings is 1. The highest BCUT2D eigenvalue weighted by Crippen LogP contribution is 2.19. The molecule has 1 rings (SSSR count). The minimum Gasteiger partial charge on any atom is -0.391 e. The van der Waals surface area contributed by atoms with Crippen LogP contribution >= 0.6 is 0 Å². The van der Waals surface area contributed by atoms with Crippen molar-refractivity contribution < 1.29 is 5.11 Å². The van der Waals surface area contributed by atoms with E-state index < -0.39 is 6.10 Å². The zero-order valence-electron chi connectivity index (χ0n) is 10.6. The van der Waals surface area contributed by atoms with Crippen molar-refractivity contribution in [3.8, 4) is 0 Å². The Morgan fingerprint density at radius 2 is 1.88 bits per heavy atom. The molecule has 1 aromatic heterocycles. The Hall–Kier alpha value is -1.03. The highest BCUT2D eigenvalue weighted by Gasteiger charge is 2.23. The van der Waals surface area contributed by atoms with Gasteiger partial charge in [-0.05, 0) is 11.8 Å². The lowest BCUT2D eigenvalue weighted by Gasteiger charge is -2.25. The van der Waals surface area contributed by atoms with E-state index >= 15 is 0 Å². The van der Waals surface area contributed by atoms with Crippen molar-refractivity contribution in [3.63, 3.8) is 0 Å². The molecule has 4 heteroatoms. The molecule has 1 aromatic rings. The van der Waals surface area contributed by atoms with Crippen molar-refractivity contribution in [1.29, 1.82) is 0 Å². The average molecular weight is 226 g/mol. The molecule has 0 aliphatic rings. The fourth-order valence-electron chi connectivity index (χ4n) is 1.46. The Balaban J connectivity index is 2.79. The molecule has 0 aromatic carbocycles. The molecule has 0 bridgehead atoms. The summed E-state index contributed by atoms with van der Waals surface area (Å²) in [4.78, 5) is 11.8. The van der Waals surface area contributed by atoms with Crippen molar-refractivity contribution in [3.05, 3.63) is 22.9 Å². The first-order valence-corrected chi connectivity index (χ1v) is 5.80. The van der Waals surface area contributed by atoms with Crippen LogP contribution in [0.25, 0.3) is 0 Å². The van der Waals surface area contributed by atoms with Crippen LogP contribution in [-0.4, -0.2) is 20.3 Å². The van der Waals surface area contributed by atoms with E-state index in [2.05, 4.69) is 0 Å². The summed E-state index contributed by atoms with van der Waals surface area (Å²) in [7, 11) is 0. The summed E-state index contributed by atoms with van der Waals surface area (Å²) in [5.41, 5.74) is -0.239. The Bertz CT molecular complexity index is 384. The lowest BCUT2D eigenvalue weighted by atomic mass is 9.89. The van der Waals surface area contributed by atoms with Crippen LogP contribution in [0.15, 0.2) is 17.2 Å². The van der Waals surface area contributed by atoms with Crippen LogP contribution < -0.4 is 5.69 Å². The Labute approximate surface area is 96.5 Å². The summed E-state index contributed by atoms with van der Waals surface area (Å²) in [5, 5.41) is 9.93. The quantitative estimate of drug-likeness (QED) is 0.845. The molecule has 92 valence electrons. The lowest BCUT2D eigenvalue weighted by Crippen LogP contribution is -2.35. The van der Waals surface area contributed by atoms with Gasteiger partial charge in [-0.25, -0.2) is 4.79 Å². The summed E-state index contributed by atoms with van der Waals surface area (Å²) < 4.78 is 3.25. The lowest BCUT2D eigenvalue weighted by molar-refractivity contribution is 0.0471. The predicted molar refractivity (Wildman–Crippen MR) is 64.4 cm³/mol. The molecule has 0 spiro atoms. The van der Waals surface area contributed by atoms with Crippen LogP contribution in [-0.2, 0) is 13.1 Å². The Morgan fingerprint density at radius 1 is 1.31 bits per heavy atom. The number of aliphatic hydroxyl groups excluding tert-OH is 1. The Kier molecular flexibility index (Phi) is 3.97. The van der Waals surface area contributed by atoms with Crippen LogP contribution in [0.3, 0.4) is 0 Å². The van der Waals surface area contributed by atoms with Gasteiger partial charge in [-0.1, -0.05) is 27.7 Å². The molecule has 0 radical (unpaired) electrons. The molecular weight excluding hydrogens is 204 g/mol. The fourth-order valence-corrected chi connectivity index (χ4v) is 1.46. The topological polar surface area (TPSA) is 47.2 Å². The van der Waals surface area contributed by atoms with Gasteiger partial charge in [-0.15, -0.1) is 0 Å². The van der Waals surface area contributed by atoms with Gasteiger partial charge in [0.05, 0.1) is 12.6 Å². The number of aromatic nitrogens is 2. The number of rotatable bonds is 4. The molecule has 0 saturated carbocycles. The van der Waals surface area contributed by atoms with Gasteiger partial charge >= 0.3 is 5.69 Å². The van der Waals surface area contributed by atoms with E-state index in [-0.39, 0.29) is 11.1 Å². The summed E-state index contributed by atoms with van der Waals surface area (Å²) in [6, 6.07) is 0. The molecule has 0 aliphatic heterocycles. The standard InChI is InChI=1S/C12H22N2O2/c1-5-6-13-7-8-14(11(13)16)9-10(15)12(2,3)4/h7-8,10,15H,5-6,9H2,1-4H3. The molecular formula is C12H22N2O2. The Morgan fingerprint density at radius 3 is 2.38 bits per heavy atom. The van der Waals surface area contributed by atoms with Crippen molar-refractivity contribution in [1.82, 2.24) is 9.13 Å². The number of hydrogen-bond donors (Lipinski definition) is 1. The molecule has 0 amide bonds. The molecule has 1 unspecified atom stereocenters. The van der Waals surface area contributed by atoms with Gasteiger partial charge < -0.3 is 5.11 Å². The highest BCUT2D eigenvalue weighted by molar-refractivity contribution is 4.84. The molecule has 1 heterocycles. The van der Waals surface area contributed by atoms with Gasteiger partial charge in [0.25, 0.3) is 0 Å². The maximum Gasteiger partial charge on any atom is 0.328 e. The van der Waals surface area contributed by atoms with E-state index in [4.69, 9.17) is 0 Å². The summed E-state index contributed by atoms with van der Waals surface area (Å²) in [6.07, 6.45) is 3.95. The third kappa shape index (κ3) is 2.98. The van der Waals surface area contributed by atoms with Gasteiger partial charge in [-0.2, -0.15) is 0 Å². The second-order valence-electron chi connectivity index (χ2n) is 5.31. The number of hydrogen-bond acceptors (Lipinski definition) is 2. The number of aryl methyl sites for hydroxylation is 1. The van der Waals surface area contributed by atoms with Gasteiger partial charge in [0.15, 0.2) is 0 Å². The first kappa shape index (κ1) is 13.0. The molecule has 16 heavy (non-hydrogen) atoms. The minimum absolute atomic E-state index is 0.0369. The molecule has 0 aliphatic carbocycles. The van der Waals surface area contributed by atoms with E-state index in [0.717, 1.165) is 13.0 Å². The van der Waals surface area contributed by atoms with Gasteiger partial charge in [0, 0.05) is 18.9 Å². The van der Waals surface area contributed by atoms with E-state index in [1.54, 1.807) is 21.5 Å². The molecule has 1 atom stereocenters. The molecule has 0 fully saturated rings. The van der Waals surface area contributed by atoms with Crippen molar-refractivity contribution >= 4 is 0 Å². The zero-order chi connectivity index (χ0) is 12.3. The van der Waals surface area contributed by atoms with Crippen molar-refractivity contribution in [2.45, 2.75) is 53.3 Å². The maximum atomic E-state index is 11.8. The average Bonchev–Trinajstić information content (AvgIpc) is 2.49. The first-order valence-electron chi connectivity index (χ1n) is 5.80. The fraction of sp³-hybridized carbons (Fsp3) is 0.750. The van der Waals surface area contributed by atoms with E-state index in [1.165, 1.54) is 0 Å². The third-order valence-electron chi connectivity index (χ3n) is 2.75. The van der Waals surface area contributed by atoms with Crippen LogP contribution in [0.5, 0.6) is 0 Å².